The van der Waals surface area contributed by atoms with Crippen molar-refractivity contribution in [2.45, 2.75) is 65.0 Å². The van der Waals surface area contributed by atoms with E-state index >= 15 is 0 Å². The Morgan fingerprint density at radius 1 is 1.31 bits per heavy atom. The lowest BCUT2D eigenvalue weighted by molar-refractivity contribution is -0.127. The minimum absolute atomic E-state index is 0.00120. The highest BCUT2D eigenvalue weighted by Crippen LogP contribution is 2.28. The van der Waals surface area contributed by atoms with Crippen LogP contribution < -0.4 is 11.1 Å². The van der Waals surface area contributed by atoms with Crippen molar-refractivity contribution in [3.05, 3.63) is 0 Å². The highest BCUT2D eigenvalue weighted by atomic mass is 16.2. The number of amides is 1. The summed E-state index contributed by atoms with van der Waals surface area (Å²) in [4.78, 5) is 11.9. The van der Waals surface area contributed by atoms with Crippen LogP contribution in [0.15, 0.2) is 0 Å². The van der Waals surface area contributed by atoms with Crippen LogP contribution in [-0.2, 0) is 4.79 Å². The van der Waals surface area contributed by atoms with E-state index in [2.05, 4.69) is 19.2 Å². The third kappa shape index (κ3) is 3.48. The first-order valence-electron chi connectivity index (χ1n) is 6.45. The summed E-state index contributed by atoms with van der Waals surface area (Å²) in [6.45, 7) is 8.27. The molecule has 0 aromatic rings. The van der Waals surface area contributed by atoms with Crippen LogP contribution in [-0.4, -0.2) is 17.5 Å². The number of nitrogens with one attached hydrogen (secondary N) is 1. The zero-order valence-electron chi connectivity index (χ0n) is 11.0. The van der Waals surface area contributed by atoms with Crippen LogP contribution in [0.2, 0.25) is 0 Å². The van der Waals surface area contributed by atoms with Gasteiger partial charge in [-0.3, -0.25) is 4.79 Å². The average Bonchev–Trinajstić information content (AvgIpc) is 2.15. The summed E-state index contributed by atoms with van der Waals surface area (Å²) in [7, 11) is 0. The van der Waals surface area contributed by atoms with E-state index in [1.54, 1.807) is 6.92 Å². The van der Waals surface area contributed by atoms with Gasteiger partial charge in [-0.2, -0.15) is 0 Å². The van der Waals surface area contributed by atoms with Gasteiger partial charge >= 0.3 is 0 Å². The van der Waals surface area contributed by atoms with Crippen molar-refractivity contribution >= 4 is 5.91 Å². The number of hydrogen-bond donors (Lipinski definition) is 2. The Kier molecular flexibility index (Phi) is 4.36. The van der Waals surface area contributed by atoms with E-state index in [1.165, 1.54) is 6.42 Å². The normalized spacial score (nSPS) is 34.2. The van der Waals surface area contributed by atoms with Gasteiger partial charge in [0.05, 0.1) is 5.54 Å². The predicted octanol–water partition coefficient (Wildman–Crippen LogP) is 2.05. The minimum atomic E-state index is -0.718. The fraction of sp³-hybridized carbons (Fsp3) is 0.923. The van der Waals surface area contributed by atoms with Crippen LogP contribution in [0.3, 0.4) is 0 Å². The topological polar surface area (TPSA) is 55.1 Å². The molecule has 0 bridgehead atoms. The molecule has 1 amide bonds. The molecule has 94 valence electrons. The third-order valence-corrected chi connectivity index (χ3v) is 3.77. The molecule has 1 aliphatic rings. The highest BCUT2D eigenvalue weighted by Gasteiger charge is 2.30. The van der Waals surface area contributed by atoms with Crippen LogP contribution >= 0.6 is 0 Å². The molecular formula is C13H26N2O. The van der Waals surface area contributed by atoms with E-state index in [0.29, 0.717) is 24.3 Å². The monoisotopic (exact) mass is 226 g/mol. The standard InChI is InChI=1S/C13H26N2O/c1-5-13(4,14)12(16)15-11-7-9(2)6-10(3)8-11/h9-11H,5-8,14H2,1-4H3,(H,15,16). The number of carbonyl (C=O) groups excluding carboxylic acids is 1. The van der Waals surface area contributed by atoms with Crippen LogP contribution in [0.5, 0.6) is 0 Å². The molecule has 0 aromatic carbocycles. The molecule has 0 aliphatic heterocycles. The number of hydrogen-bond acceptors (Lipinski definition) is 2. The van der Waals surface area contributed by atoms with E-state index in [4.69, 9.17) is 5.73 Å². The molecule has 0 saturated heterocycles. The first kappa shape index (κ1) is 13.5. The van der Waals surface area contributed by atoms with E-state index in [9.17, 15) is 4.79 Å². The van der Waals surface area contributed by atoms with Crippen LogP contribution in [0.1, 0.15) is 53.4 Å². The van der Waals surface area contributed by atoms with Crippen molar-refractivity contribution < 1.29 is 4.79 Å². The van der Waals surface area contributed by atoms with E-state index in [0.717, 1.165) is 12.8 Å². The van der Waals surface area contributed by atoms with Crippen molar-refractivity contribution in [1.29, 1.82) is 0 Å². The smallest absolute Gasteiger partial charge is 0.239 e. The van der Waals surface area contributed by atoms with Gasteiger partial charge in [-0.25, -0.2) is 0 Å². The van der Waals surface area contributed by atoms with E-state index in [-0.39, 0.29) is 5.91 Å². The Hall–Kier alpha value is -0.570. The molecule has 1 fully saturated rings. The van der Waals surface area contributed by atoms with Crippen molar-refractivity contribution in [2.24, 2.45) is 17.6 Å². The minimum Gasteiger partial charge on any atom is -0.352 e. The zero-order chi connectivity index (χ0) is 12.3. The maximum atomic E-state index is 11.9. The van der Waals surface area contributed by atoms with E-state index < -0.39 is 5.54 Å². The molecule has 0 radical (unpaired) electrons. The molecular weight excluding hydrogens is 200 g/mol. The molecule has 16 heavy (non-hydrogen) atoms. The number of rotatable bonds is 3. The Morgan fingerprint density at radius 2 is 1.81 bits per heavy atom. The third-order valence-electron chi connectivity index (χ3n) is 3.77. The summed E-state index contributed by atoms with van der Waals surface area (Å²) in [6, 6.07) is 0.320. The molecule has 1 aliphatic carbocycles. The van der Waals surface area contributed by atoms with Gasteiger partial charge in [-0.1, -0.05) is 20.8 Å². The molecule has 1 rings (SSSR count). The predicted molar refractivity (Wildman–Crippen MR) is 67.0 cm³/mol. The lowest BCUT2D eigenvalue weighted by atomic mass is 9.80. The number of nitrogens with two attached hydrogens (primary N) is 1. The van der Waals surface area contributed by atoms with Gasteiger partial charge in [0, 0.05) is 6.04 Å². The van der Waals surface area contributed by atoms with Gasteiger partial charge in [0.25, 0.3) is 0 Å². The second-order valence-electron chi connectivity index (χ2n) is 5.86. The van der Waals surface area contributed by atoms with Crippen LogP contribution in [0.25, 0.3) is 0 Å². The molecule has 3 nitrogen and oxygen atoms in total. The Bertz CT molecular complexity index is 240. The molecule has 3 atom stereocenters. The molecule has 1 saturated carbocycles. The lowest BCUT2D eigenvalue weighted by Crippen LogP contribution is -2.54. The van der Waals surface area contributed by atoms with Crippen molar-refractivity contribution in [3.8, 4) is 0 Å². The van der Waals surface area contributed by atoms with Gasteiger partial charge in [-0.05, 0) is 44.4 Å². The molecule has 0 spiro atoms. The lowest BCUT2D eigenvalue weighted by Gasteiger charge is -2.34. The SMILES string of the molecule is CCC(C)(N)C(=O)NC1CC(C)CC(C)C1. The summed E-state index contributed by atoms with van der Waals surface area (Å²) in [6.07, 6.45) is 4.14. The molecule has 0 heterocycles. The maximum absolute atomic E-state index is 11.9. The first-order valence-corrected chi connectivity index (χ1v) is 6.45. The highest BCUT2D eigenvalue weighted by molar-refractivity contribution is 5.85. The average molecular weight is 226 g/mol. The number of carbonyl (C=O) groups is 1. The summed E-state index contributed by atoms with van der Waals surface area (Å²) in [5.74, 6) is 1.42. The van der Waals surface area contributed by atoms with Gasteiger partial charge < -0.3 is 11.1 Å². The zero-order valence-corrected chi connectivity index (χ0v) is 11.0. The van der Waals surface area contributed by atoms with Gasteiger partial charge in [0.15, 0.2) is 0 Å². The van der Waals surface area contributed by atoms with Gasteiger partial charge in [0.2, 0.25) is 5.91 Å². The molecule has 3 heteroatoms. The Labute approximate surface area is 99.2 Å². The molecule has 3 unspecified atom stereocenters. The van der Waals surface area contributed by atoms with Crippen molar-refractivity contribution in [1.82, 2.24) is 5.32 Å². The summed E-state index contributed by atoms with van der Waals surface area (Å²) in [5.41, 5.74) is 5.22. The quantitative estimate of drug-likeness (QED) is 0.774. The summed E-state index contributed by atoms with van der Waals surface area (Å²) in [5, 5.41) is 3.11. The summed E-state index contributed by atoms with van der Waals surface area (Å²) >= 11 is 0. The van der Waals surface area contributed by atoms with Crippen molar-refractivity contribution in [3.63, 3.8) is 0 Å². The fourth-order valence-corrected chi connectivity index (χ4v) is 2.58. The fourth-order valence-electron chi connectivity index (χ4n) is 2.58. The maximum Gasteiger partial charge on any atom is 0.239 e. The van der Waals surface area contributed by atoms with E-state index in [1.807, 2.05) is 6.92 Å². The van der Waals surface area contributed by atoms with Crippen LogP contribution in [0, 0.1) is 11.8 Å². The van der Waals surface area contributed by atoms with Crippen molar-refractivity contribution in [2.75, 3.05) is 0 Å². The van der Waals surface area contributed by atoms with Gasteiger partial charge in [0.1, 0.15) is 0 Å². The van der Waals surface area contributed by atoms with Gasteiger partial charge in [-0.15, -0.1) is 0 Å². The largest absolute Gasteiger partial charge is 0.352 e. The Morgan fingerprint density at radius 3 is 2.25 bits per heavy atom. The second kappa shape index (κ2) is 5.17. The molecule has 3 N–H and O–H groups in total. The second-order valence-corrected chi connectivity index (χ2v) is 5.86. The molecule has 0 aromatic heterocycles. The summed E-state index contributed by atoms with van der Waals surface area (Å²) < 4.78 is 0. The van der Waals surface area contributed by atoms with Crippen LogP contribution in [0.4, 0.5) is 0 Å². The Balaban J connectivity index is 2.51. The first-order chi connectivity index (χ1) is 7.35.